The van der Waals surface area contributed by atoms with Gasteiger partial charge >= 0.3 is 6.03 Å². The van der Waals surface area contributed by atoms with Gasteiger partial charge in [0.25, 0.3) is 0 Å². The van der Waals surface area contributed by atoms with Gasteiger partial charge in [0.2, 0.25) is 0 Å². The number of Topliss-reactive ketones (excluding diaryl/α,β-unsaturated/α-hetero) is 1. The Morgan fingerprint density at radius 3 is 2.39 bits per heavy atom. The van der Waals surface area contributed by atoms with E-state index < -0.39 is 23.6 Å². The average molecular weight is 600 g/mol. The lowest BCUT2D eigenvalue weighted by Gasteiger charge is -2.30. The summed E-state index contributed by atoms with van der Waals surface area (Å²) in [7, 11) is 0. The fourth-order valence-corrected chi connectivity index (χ4v) is 5.67. The highest BCUT2D eigenvalue weighted by atomic mass is 19.1. The topological polar surface area (TPSA) is 88.1 Å². The van der Waals surface area contributed by atoms with Crippen molar-refractivity contribution >= 4 is 23.3 Å². The molecule has 3 N–H and O–H groups in total. The molecule has 0 bridgehead atoms. The maximum absolute atomic E-state index is 14.5. The lowest BCUT2D eigenvalue weighted by molar-refractivity contribution is -0.121. The average Bonchev–Trinajstić information content (AvgIpc) is 3.40. The van der Waals surface area contributed by atoms with Crippen LogP contribution in [0.2, 0.25) is 0 Å². The van der Waals surface area contributed by atoms with Gasteiger partial charge < -0.3 is 10.6 Å². The summed E-state index contributed by atoms with van der Waals surface area (Å²) < 4.78 is 29.7. The van der Waals surface area contributed by atoms with Crippen molar-refractivity contribution in [3.63, 3.8) is 0 Å². The van der Waals surface area contributed by atoms with Crippen LogP contribution in [-0.4, -0.2) is 34.7 Å². The lowest BCUT2D eigenvalue weighted by atomic mass is 9.76. The first-order chi connectivity index (χ1) is 21.0. The molecule has 3 aromatic carbocycles. The Hall–Kier alpha value is -4.37. The van der Waals surface area contributed by atoms with E-state index in [0.717, 1.165) is 54.5 Å². The highest BCUT2D eigenvalue weighted by Crippen LogP contribution is 2.34. The molecule has 44 heavy (non-hydrogen) atoms. The van der Waals surface area contributed by atoms with Crippen LogP contribution < -0.4 is 16.0 Å². The number of ketones is 1. The first kappa shape index (κ1) is 31.1. The van der Waals surface area contributed by atoms with E-state index in [0.29, 0.717) is 11.5 Å². The molecule has 0 radical (unpaired) electrons. The zero-order valence-electron chi connectivity index (χ0n) is 25.6. The molecule has 230 valence electrons. The van der Waals surface area contributed by atoms with Crippen molar-refractivity contribution in [2.75, 3.05) is 23.7 Å². The maximum Gasteiger partial charge on any atom is 0.324 e. The third-order valence-corrected chi connectivity index (χ3v) is 8.08. The van der Waals surface area contributed by atoms with Gasteiger partial charge in [-0.3, -0.25) is 10.1 Å². The minimum absolute atomic E-state index is 0.0519. The van der Waals surface area contributed by atoms with E-state index in [9.17, 15) is 18.4 Å². The molecule has 0 aliphatic carbocycles. The Kier molecular flexibility index (Phi) is 9.25. The molecule has 1 fully saturated rings. The van der Waals surface area contributed by atoms with Crippen LogP contribution in [0.15, 0.2) is 72.8 Å². The van der Waals surface area contributed by atoms with Crippen molar-refractivity contribution in [1.29, 1.82) is 0 Å². The quantitative estimate of drug-likeness (QED) is 0.198. The van der Waals surface area contributed by atoms with Crippen LogP contribution in [0.1, 0.15) is 61.9 Å². The molecular weight excluding hydrogens is 560 g/mol. The zero-order valence-corrected chi connectivity index (χ0v) is 25.6. The minimum Gasteiger partial charge on any atom is -0.317 e. The number of nitrogens with one attached hydrogen (secondary N) is 3. The van der Waals surface area contributed by atoms with Crippen LogP contribution in [0.25, 0.3) is 5.69 Å². The van der Waals surface area contributed by atoms with Crippen LogP contribution in [-0.2, 0) is 16.6 Å². The molecular formula is C35H39F2N5O2. The monoisotopic (exact) mass is 599 g/mol. The standard InChI is InChI=1S/C35H39F2N5O2/c1-22-8-12-28(13-9-22)42-32(21-31(41-42)35(2,3)4)40-34(44)39-27-7-5-6-25(18-27)33(23-14-16-38-17-15-23)30(43)19-24-10-11-26(36)20-29(24)37/h5-13,18,20-21,23,33,38H,14-17,19H2,1-4H3,(H2,39,40,44). The van der Waals surface area contributed by atoms with E-state index >= 15 is 0 Å². The van der Waals surface area contributed by atoms with Crippen molar-refractivity contribution in [2.45, 2.75) is 58.3 Å². The molecule has 0 saturated carbocycles. The van der Waals surface area contributed by atoms with Crippen LogP contribution in [0.5, 0.6) is 0 Å². The smallest absolute Gasteiger partial charge is 0.317 e. The van der Waals surface area contributed by atoms with Gasteiger partial charge in [-0.2, -0.15) is 5.10 Å². The highest BCUT2D eigenvalue weighted by molar-refractivity contribution is 5.99. The molecule has 1 atom stereocenters. The summed E-state index contributed by atoms with van der Waals surface area (Å²) >= 11 is 0. The number of aryl methyl sites for hydroxylation is 1. The lowest BCUT2D eigenvalue weighted by Crippen LogP contribution is -2.34. The molecule has 2 heterocycles. The van der Waals surface area contributed by atoms with Crippen LogP contribution >= 0.6 is 0 Å². The van der Waals surface area contributed by atoms with Crippen molar-refractivity contribution < 1.29 is 18.4 Å². The Morgan fingerprint density at radius 2 is 1.70 bits per heavy atom. The van der Waals surface area contributed by atoms with Crippen LogP contribution in [0.3, 0.4) is 0 Å². The molecule has 1 aromatic heterocycles. The van der Waals surface area contributed by atoms with Crippen molar-refractivity contribution in [1.82, 2.24) is 15.1 Å². The van der Waals surface area contributed by atoms with E-state index in [1.807, 2.05) is 49.4 Å². The van der Waals surface area contributed by atoms with Gasteiger partial charge in [-0.25, -0.2) is 18.3 Å². The van der Waals surface area contributed by atoms with Gasteiger partial charge in [-0.15, -0.1) is 0 Å². The minimum atomic E-state index is -0.728. The van der Waals surface area contributed by atoms with Crippen LogP contribution in [0.4, 0.5) is 25.1 Å². The summed E-state index contributed by atoms with van der Waals surface area (Å²) in [5.74, 6) is -1.46. The van der Waals surface area contributed by atoms with Gasteiger partial charge in [0.05, 0.1) is 11.4 Å². The molecule has 1 unspecified atom stereocenters. The maximum atomic E-state index is 14.5. The largest absolute Gasteiger partial charge is 0.324 e. The Bertz CT molecular complexity index is 1640. The number of halogens is 2. The number of urea groups is 1. The fourth-order valence-electron chi connectivity index (χ4n) is 5.67. The molecule has 1 aliphatic rings. The number of aromatic nitrogens is 2. The molecule has 1 saturated heterocycles. The van der Waals surface area contributed by atoms with Gasteiger partial charge in [-0.05, 0) is 80.2 Å². The number of hydrogen-bond acceptors (Lipinski definition) is 4. The summed E-state index contributed by atoms with van der Waals surface area (Å²) in [5, 5.41) is 14.0. The number of benzene rings is 3. The Balaban J connectivity index is 1.38. The van der Waals surface area contributed by atoms with Gasteiger partial charge in [0.1, 0.15) is 23.2 Å². The van der Waals surface area contributed by atoms with E-state index in [1.165, 1.54) is 12.1 Å². The van der Waals surface area contributed by atoms with Crippen molar-refractivity contribution in [3.05, 3.63) is 107 Å². The van der Waals surface area contributed by atoms with Crippen molar-refractivity contribution in [3.8, 4) is 5.69 Å². The Morgan fingerprint density at radius 1 is 0.977 bits per heavy atom. The molecule has 2 amide bonds. The summed E-state index contributed by atoms with van der Waals surface area (Å²) in [5.41, 5.74) is 3.99. The number of carbonyl (C=O) groups is 2. The van der Waals surface area contributed by atoms with E-state index in [-0.39, 0.29) is 29.1 Å². The molecule has 7 nitrogen and oxygen atoms in total. The van der Waals surface area contributed by atoms with Crippen LogP contribution in [0, 0.1) is 24.5 Å². The first-order valence-corrected chi connectivity index (χ1v) is 15.0. The second-order valence-electron chi connectivity index (χ2n) is 12.6. The summed E-state index contributed by atoms with van der Waals surface area (Å²) in [4.78, 5) is 27.0. The predicted molar refractivity (Wildman–Crippen MR) is 169 cm³/mol. The second kappa shape index (κ2) is 13.1. The molecule has 0 spiro atoms. The van der Waals surface area contributed by atoms with Gasteiger partial charge in [-0.1, -0.05) is 56.7 Å². The number of hydrogen-bond donors (Lipinski definition) is 3. The van der Waals surface area contributed by atoms with E-state index in [4.69, 9.17) is 5.10 Å². The molecule has 4 aromatic rings. The SMILES string of the molecule is Cc1ccc(-n2nc(C(C)(C)C)cc2NC(=O)Nc2cccc(C(C(=O)Cc3ccc(F)cc3F)C3CCNCC3)c2)cc1. The summed E-state index contributed by atoms with van der Waals surface area (Å²) in [6.07, 6.45) is 1.44. The third-order valence-electron chi connectivity index (χ3n) is 8.08. The number of carbonyl (C=O) groups excluding carboxylic acids is 2. The molecule has 5 rings (SSSR count). The number of rotatable bonds is 8. The van der Waals surface area contributed by atoms with E-state index in [1.54, 1.807) is 16.8 Å². The number of amides is 2. The Labute approximate surface area is 257 Å². The zero-order chi connectivity index (χ0) is 31.4. The fraction of sp³-hybridized carbons (Fsp3) is 0.343. The first-order valence-electron chi connectivity index (χ1n) is 15.0. The number of anilines is 2. The number of piperidine rings is 1. The van der Waals surface area contributed by atoms with Gasteiger partial charge in [0.15, 0.2) is 0 Å². The molecule has 9 heteroatoms. The molecule has 1 aliphatic heterocycles. The summed E-state index contributed by atoms with van der Waals surface area (Å²) in [6, 6.07) is 19.9. The normalized spacial score (nSPS) is 14.7. The van der Waals surface area contributed by atoms with E-state index in [2.05, 4.69) is 36.7 Å². The third kappa shape index (κ3) is 7.39. The predicted octanol–water partition coefficient (Wildman–Crippen LogP) is 7.30. The van der Waals surface area contributed by atoms with Gasteiger partial charge in [0, 0.05) is 35.6 Å². The number of nitrogens with zero attached hydrogens (tertiary/aromatic N) is 2. The van der Waals surface area contributed by atoms with Crippen molar-refractivity contribution in [2.24, 2.45) is 5.92 Å². The second-order valence-corrected chi connectivity index (χ2v) is 12.6. The summed E-state index contributed by atoms with van der Waals surface area (Å²) in [6.45, 7) is 9.77. The highest BCUT2D eigenvalue weighted by Gasteiger charge is 2.31.